The first-order valence-electron chi connectivity index (χ1n) is 5.84. The van der Waals surface area contributed by atoms with Crippen LogP contribution in [0, 0.1) is 0 Å². The molecule has 0 aliphatic rings. The van der Waals surface area contributed by atoms with Gasteiger partial charge in [0.25, 0.3) is 0 Å². The molecule has 0 radical (unpaired) electrons. The summed E-state index contributed by atoms with van der Waals surface area (Å²) in [5.41, 5.74) is 1.06. The number of nitrogens with one attached hydrogen (secondary N) is 1. The highest BCUT2D eigenvalue weighted by atomic mass is 16.6. The highest BCUT2D eigenvalue weighted by Crippen LogP contribution is 2.28. The second-order valence-electron chi connectivity index (χ2n) is 3.91. The zero-order valence-electron chi connectivity index (χ0n) is 10.4. The molecule has 1 rings (SSSR count). The Morgan fingerprint density at radius 2 is 2.24 bits per heavy atom. The van der Waals surface area contributed by atoms with E-state index in [1.807, 2.05) is 24.3 Å². The summed E-state index contributed by atoms with van der Waals surface area (Å²) < 4.78 is 5.27. The van der Waals surface area contributed by atoms with E-state index in [-0.39, 0.29) is 0 Å². The number of amides is 1. The number of carbonyl (C=O) groups excluding carboxylic acids is 1. The van der Waals surface area contributed by atoms with Gasteiger partial charge in [-0.2, -0.15) is 0 Å². The van der Waals surface area contributed by atoms with Gasteiger partial charge in [0.2, 0.25) is 0 Å². The molecule has 3 nitrogen and oxygen atoms in total. The minimum Gasteiger partial charge on any atom is -0.410 e. The zero-order valence-corrected chi connectivity index (χ0v) is 10.4. The van der Waals surface area contributed by atoms with E-state index in [0.717, 1.165) is 12.0 Å². The van der Waals surface area contributed by atoms with Gasteiger partial charge in [-0.25, -0.2) is 4.79 Å². The van der Waals surface area contributed by atoms with Crippen molar-refractivity contribution in [3.63, 3.8) is 0 Å². The summed E-state index contributed by atoms with van der Waals surface area (Å²) in [6.07, 6.45) is 2.18. The molecule has 1 amide bonds. The quantitative estimate of drug-likeness (QED) is 0.791. The van der Waals surface area contributed by atoms with E-state index in [9.17, 15) is 4.79 Å². The fraction of sp³-hybridized carbons (Fsp3) is 0.357. The predicted octanol–water partition coefficient (Wildman–Crippen LogP) is 3.47. The van der Waals surface area contributed by atoms with Crippen LogP contribution in [0.5, 0.6) is 5.75 Å². The molecule has 0 aliphatic heterocycles. The Hall–Kier alpha value is -1.77. The van der Waals surface area contributed by atoms with Gasteiger partial charge in [0.1, 0.15) is 5.75 Å². The third-order valence-electron chi connectivity index (χ3n) is 2.66. The van der Waals surface area contributed by atoms with E-state index in [1.165, 1.54) is 0 Å². The second kappa shape index (κ2) is 6.74. The molecule has 0 spiro atoms. The Kier molecular flexibility index (Phi) is 5.27. The van der Waals surface area contributed by atoms with Crippen molar-refractivity contribution >= 4 is 6.09 Å². The molecule has 0 heterocycles. The number of rotatable bonds is 5. The second-order valence-corrected chi connectivity index (χ2v) is 3.91. The van der Waals surface area contributed by atoms with E-state index in [0.29, 0.717) is 18.2 Å². The van der Waals surface area contributed by atoms with Crippen LogP contribution < -0.4 is 10.1 Å². The summed E-state index contributed by atoms with van der Waals surface area (Å²) >= 11 is 0. The lowest BCUT2D eigenvalue weighted by Gasteiger charge is -2.14. The normalized spacial score (nSPS) is 11.6. The lowest BCUT2D eigenvalue weighted by molar-refractivity contribution is 0.201. The van der Waals surface area contributed by atoms with Crippen molar-refractivity contribution < 1.29 is 9.53 Å². The summed E-state index contributed by atoms with van der Waals surface area (Å²) in [4.78, 5) is 11.5. The Bertz CT molecular complexity index is 388. The largest absolute Gasteiger partial charge is 0.412 e. The van der Waals surface area contributed by atoms with Crippen LogP contribution in [0.15, 0.2) is 36.9 Å². The van der Waals surface area contributed by atoms with Crippen molar-refractivity contribution in [1.29, 1.82) is 0 Å². The Morgan fingerprint density at radius 3 is 2.88 bits per heavy atom. The minimum atomic E-state index is -0.444. The van der Waals surface area contributed by atoms with E-state index in [1.54, 1.807) is 6.08 Å². The van der Waals surface area contributed by atoms with Crippen LogP contribution in [0.1, 0.15) is 31.7 Å². The van der Waals surface area contributed by atoms with Gasteiger partial charge in [-0.15, -0.1) is 6.58 Å². The maximum Gasteiger partial charge on any atom is 0.412 e. The molecule has 92 valence electrons. The van der Waals surface area contributed by atoms with Crippen LogP contribution in [-0.2, 0) is 0 Å². The van der Waals surface area contributed by atoms with Crippen molar-refractivity contribution in [2.24, 2.45) is 0 Å². The highest BCUT2D eigenvalue weighted by Gasteiger charge is 2.12. The molecule has 3 heteroatoms. The standard InChI is InChI=1S/C14H19NO2/c1-4-10-15-14(16)17-13-9-7-6-8-12(13)11(3)5-2/h4,6-9,11H,1,5,10H2,2-3H3,(H,15,16). The van der Waals surface area contributed by atoms with Crippen LogP contribution in [0.2, 0.25) is 0 Å². The van der Waals surface area contributed by atoms with Crippen LogP contribution in [-0.4, -0.2) is 12.6 Å². The Morgan fingerprint density at radius 1 is 1.53 bits per heavy atom. The third kappa shape index (κ3) is 3.94. The number of hydrogen-bond acceptors (Lipinski definition) is 2. The maximum atomic E-state index is 11.5. The first-order chi connectivity index (χ1) is 8.19. The molecule has 0 fully saturated rings. The van der Waals surface area contributed by atoms with Gasteiger partial charge in [-0.3, -0.25) is 0 Å². The van der Waals surface area contributed by atoms with Gasteiger partial charge >= 0.3 is 6.09 Å². The van der Waals surface area contributed by atoms with Gasteiger partial charge < -0.3 is 10.1 Å². The molecule has 0 saturated heterocycles. The molecule has 17 heavy (non-hydrogen) atoms. The average molecular weight is 233 g/mol. The van der Waals surface area contributed by atoms with Crippen LogP contribution >= 0.6 is 0 Å². The lowest BCUT2D eigenvalue weighted by atomic mass is 9.98. The van der Waals surface area contributed by atoms with Crippen molar-refractivity contribution in [1.82, 2.24) is 5.32 Å². The topological polar surface area (TPSA) is 38.3 Å². The summed E-state index contributed by atoms with van der Waals surface area (Å²) in [5.74, 6) is 1.00. The fourth-order valence-electron chi connectivity index (χ4n) is 1.49. The third-order valence-corrected chi connectivity index (χ3v) is 2.66. The zero-order chi connectivity index (χ0) is 12.7. The van der Waals surface area contributed by atoms with Crippen molar-refractivity contribution in [3.05, 3.63) is 42.5 Å². The number of hydrogen-bond donors (Lipinski definition) is 1. The monoisotopic (exact) mass is 233 g/mol. The van der Waals surface area contributed by atoms with E-state index in [4.69, 9.17) is 4.74 Å². The van der Waals surface area contributed by atoms with Gasteiger partial charge in [-0.1, -0.05) is 38.1 Å². The molecule has 0 bridgehead atoms. The molecule has 1 aromatic rings. The average Bonchev–Trinajstić information content (AvgIpc) is 2.36. The van der Waals surface area contributed by atoms with Crippen LogP contribution in [0.4, 0.5) is 4.79 Å². The van der Waals surface area contributed by atoms with Gasteiger partial charge in [0.05, 0.1) is 0 Å². The number of para-hydroxylation sites is 1. The van der Waals surface area contributed by atoms with Gasteiger partial charge in [-0.05, 0) is 24.0 Å². The lowest BCUT2D eigenvalue weighted by Crippen LogP contribution is -2.27. The summed E-state index contributed by atoms with van der Waals surface area (Å²) in [7, 11) is 0. The fourth-order valence-corrected chi connectivity index (χ4v) is 1.49. The minimum absolute atomic E-state index is 0.374. The molecule has 0 saturated carbocycles. The number of benzene rings is 1. The predicted molar refractivity (Wildman–Crippen MR) is 69.4 cm³/mol. The Balaban J connectivity index is 2.76. The van der Waals surface area contributed by atoms with Crippen molar-refractivity contribution in [3.8, 4) is 5.75 Å². The van der Waals surface area contributed by atoms with E-state index < -0.39 is 6.09 Å². The summed E-state index contributed by atoms with van der Waals surface area (Å²) in [6.45, 7) is 8.16. The molecule has 1 N–H and O–H groups in total. The molecule has 1 atom stereocenters. The van der Waals surface area contributed by atoms with Crippen molar-refractivity contribution in [2.75, 3.05) is 6.54 Å². The van der Waals surface area contributed by atoms with Crippen molar-refractivity contribution in [2.45, 2.75) is 26.2 Å². The molecular weight excluding hydrogens is 214 g/mol. The molecule has 1 unspecified atom stereocenters. The van der Waals surface area contributed by atoms with Gasteiger partial charge in [0.15, 0.2) is 0 Å². The smallest absolute Gasteiger partial charge is 0.410 e. The van der Waals surface area contributed by atoms with E-state index >= 15 is 0 Å². The van der Waals surface area contributed by atoms with Crippen LogP contribution in [0.25, 0.3) is 0 Å². The first-order valence-corrected chi connectivity index (χ1v) is 5.84. The molecule has 0 aromatic heterocycles. The van der Waals surface area contributed by atoms with Crippen LogP contribution in [0.3, 0.4) is 0 Å². The Labute approximate surface area is 102 Å². The highest BCUT2D eigenvalue weighted by molar-refractivity contribution is 5.71. The first kappa shape index (κ1) is 13.3. The molecule has 1 aromatic carbocycles. The van der Waals surface area contributed by atoms with E-state index in [2.05, 4.69) is 25.7 Å². The summed E-state index contributed by atoms with van der Waals surface area (Å²) in [6, 6.07) is 7.62. The molecular formula is C14H19NO2. The SMILES string of the molecule is C=CCNC(=O)Oc1ccccc1C(C)CC. The molecule has 0 aliphatic carbocycles. The van der Waals surface area contributed by atoms with Gasteiger partial charge in [0, 0.05) is 6.54 Å². The number of ether oxygens (including phenoxy) is 1. The maximum absolute atomic E-state index is 11.5. The number of carbonyl (C=O) groups is 1. The summed E-state index contributed by atoms with van der Waals surface area (Å²) in [5, 5.41) is 2.59.